The topological polar surface area (TPSA) is 105 Å². The Morgan fingerprint density at radius 3 is 2.66 bits per heavy atom. The molecule has 1 atom stereocenters. The van der Waals surface area contributed by atoms with Crippen molar-refractivity contribution in [2.45, 2.75) is 18.9 Å². The summed E-state index contributed by atoms with van der Waals surface area (Å²) in [6.45, 7) is 1.21. The molecule has 1 fully saturated rings. The van der Waals surface area contributed by atoms with E-state index in [0.29, 0.717) is 22.6 Å². The van der Waals surface area contributed by atoms with Crippen molar-refractivity contribution < 1.29 is 23.9 Å². The van der Waals surface area contributed by atoms with Crippen LogP contribution < -0.4 is 15.4 Å². The highest BCUT2D eigenvalue weighted by molar-refractivity contribution is 6.11. The van der Waals surface area contributed by atoms with Crippen LogP contribution in [0, 0.1) is 0 Å². The van der Waals surface area contributed by atoms with Crippen molar-refractivity contribution >= 4 is 29.3 Å². The molecule has 0 bridgehead atoms. The third kappa shape index (κ3) is 3.12. The molecular formula is C21H19N3O5. The number of imide groups is 1. The molecule has 0 aromatic heterocycles. The first kappa shape index (κ1) is 18.7. The predicted octanol–water partition coefficient (Wildman–Crippen LogP) is 2.06. The van der Waals surface area contributed by atoms with Gasteiger partial charge in [0.05, 0.1) is 12.3 Å². The number of nitrogens with one attached hydrogen (secondary N) is 2. The SMILES string of the molecule is CC(=O)c1ccccc1NC(=O)CN1C(=O)NC2(CCOc3ccccc32)C1=O. The van der Waals surface area contributed by atoms with Crippen LogP contribution in [0.4, 0.5) is 10.5 Å². The van der Waals surface area contributed by atoms with Gasteiger partial charge in [-0.25, -0.2) is 4.79 Å². The van der Waals surface area contributed by atoms with E-state index in [1.807, 2.05) is 0 Å². The molecular weight excluding hydrogens is 374 g/mol. The molecule has 1 saturated heterocycles. The number of Topliss-reactive ketones (excluding diaryl/α,β-unsaturated/α-hetero) is 1. The molecule has 4 amide bonds. The molecule has 148 valence electrons. The second-order valence-corrected chi connectivity index (χ2v) is 6.97. The highest BCUT2D eigenvalue weighted by Gasteiger charge is 2.55. The monoisotopic (exact) mass is 393 g/mol. The van der Waals surface area contributed by atoms with E-state index in [1.165, 1.54) is 6.92 Å². The van der Waals surface area contributed by atoms with E-state index >= 15 is 0 Å². The van der Waals surface area contributed by atoms with Gasteiger partial charge in [-0.15, -0.1) is 0 Å². The minimum absolute atomic E-state index is 0.200. The van der Waals surface area contributed by atoms with Crippen LogP contribution in [0.25, 0.3) is 0 Å². The molecule has 2 aliphatic rings. The lowest BCUT2D eigenvalue weighted by molar-refractivity contribution is -0.135. The van der Waals surface area contributed by atoms with Crippen LogP contribution in [0.1, 0.15) is 29.3 Å². The van der Waals surface area contributed by atoms with Gasteiger partial charge in [-0.1, -0.05) is 30.3 Å². The standard InChI is InChI=1S/C21H19N3O5/c1-13(25)14-6-2-4-8-16(14)22-18(26)12-24-19(27)21(23-20(24)28)10-11-29-17-9-5-3-7-15(17)21/h2-9H,10-12H2,1H3,(H,22,26)(H,23,28). The Bertz CT molecular complexity index is 1030. The number of hydrogen-bond donors (Lipinski definition) is 2. The van der Waals surface area contributed by atoms with Crippen LogP contribution in [0.2, 0.25) is 0 Å². The second-order valence-electron chi connectivity index (χ2n) is 6.97. The smallest absolute Gasteiger partial charge is 0.325 e. The number of para-hydroxylation sites is 2. The predicted molar refractivity (Wildman–Crippen MR) is 104 cm³/mol. The lowest BCUT2D eigenvalue weighted by Gasteiger charge is -2.33. The van der Waals surface area contributed by atoms with E-state index in [2.05, 4.69) is 10.6 Å². The Kier molecular flexibility index (Phi) is 4.54. The molecule has 8 nitrogen and oxygen atoms in total. The molecule has 0 radical (unpaired) electrons. The minimum Gasteiger partial charge on any atom is -0.493 e. The second kappa shape index (κ2) is 7.05. The van der Waals surface area contributed by atoms with E-state index in [1.54, 1.807) is 48.5 Å². The number of hydrogen-bond acceptors (Lipinski definition) is 5. The third-order valence-corrected chi connectivity index (χ3v) is 5.14. The molecule has 0 saturated carbocycles. The van der Waals surface area contributed by atoms with Crippen LogP contribution in [0.15, 0.2) is 48.5 Å². The van der Waals surface area contributed by atoms with Crippen molar-refractivity contribution in [2.24, 2.45) is 0 Å². The fourth-order valence-corrected chi connectivity index (χ4v) is 3.75. The van der Waals surface area contributed by atoms with Crippen molar-refractivity contribution in [2.75, 3.05) is 18.5 Å². The number of ketones is 1. The van der Waals surface area contributed by atoms with Crippen LogP contribution >= 0.6 is 0 Å². The Morgan fingerprint density at radius 2 is 1.86 bits per heavy atom. The van der Waals surface area contributed by atoms with Crippen molar-refractivity contribution in [1.29, 1.82) is 0 Å². The maximum Gasteiger partial charge on any atom is 0.325 e. The van der Waals surface area contributed by atoms with Crippen LogP contribution in [0.3, 0.4) is 0 Å². The van der Waals surface area contributed by atoms with Gasteiger partial charge in [-0.3, -0.25) is 19.3 Å². The van der Waals surface area contributed by atoms with Gasteiger partial charge < -0.3 is 15.4 Å². The molecule has 1 spiro atoms. The summed E-state index contributed by atoms with van der Waals surface area (Å²) in [7, 11) is 0. The summed E-state index contributed by atoms with van der Waals surface area (Å²) in [6.07, 6.45) is 0.278. The average molecular weight is 393 g/mol. The molecule has 2 aromatic carbocycles. The number of urea groups is 1. The largest absolute Gasteiger partial charge is 0.493 e. The molecule has 1 unspecified atom stereocenters. The Labute approximate surface area is 166 Å². The van der Waals surface area contributed by atoms with Crippen molar-refractivity contribution in [3.8, 4) is 5.75 Å². The van der Waals surface area contributed by atoms with Gasteiger partial charge in [0, 0.05) is 17.5 Å². The molecule has 2 N–H and O–H groups in total. The summed E-state index contributed by atoms with van der Waals surface area (Å²) in [6, 6.07) is 13.0. The van der Waals surface area contributed by atoms with Gasteiger partial charge in [0.1, 0.15) is 12.3 Å². The summed E-state index contributed by atoms with van der Waals surface area (Å²) in [5, 5.41) is 5.36. The van der Waals surface area contributed by atoms with Crippen molar-refractivity contribution in [3.05, 3.63) is 59.7 Å². The quantitative estimate of drug-likeness (QED) is 0.611. The normalized spacial score (nSPS) is 20.1. The number of anilines is 1. The van der Waals surface area contributed by atoms with Crippen molar-refractivity contribution in [3.63, 3.8) is 0 Å². The van der Waals surface area contributed by atoms with Gasteiger partial charge >= 0.3 is 6.03 Å². The van der Waals surface area contributed by atoms with Gasteiger partial charge in [-0.2, -0.15) is 0 Å². The Morgan fingerprint density at radius 1 is 1.14 bits per heavy atom. The molecule has 2 aromatic rings. The summed E-state index contributed by atoms with van der Waals surface area (Å²) in [4.78, 5) is 50.9. The van der Waals surface area contributed by atoms with E-state index in [-0.39, 0.29) is 18.8 Å². The lowest BCUT2D eigenvalue weighted by Crippen LogP contribution is -2.48. The summed E-state index contributed by atoms with van der Waals surface area (Å²) >= 11 is 0. The van der Waals surface area contributed by atoms with E-state index in [9.17, 15) is 19.2 Å². The van der Waals surface area contributed by atoms with E-state index < -0.39 is 29.9 Å². The molecule has 0 aliphatic carbocycles. The zero-order valence-corrected chi connectivity index (χ0v) is 15.7. The summed E-state index contributed by atoms with van der Waals surface area (Å²) in [5.41, 5.74) is 0.0363. The number of rotatable bonds is 4. The van der Waals surface area contributed by atoms with Gasteiger partial charge in [0.15, 0.2) is 11.3 Å². The van der Waals surface area contributed by atoms with Gasteiger partial charge in [0.25, 0.3) is 5.91 Å². The average Bonchev–Trinajstić information content (AvgIpc) is 2.93. The summed E-state index contributed by atoms with van der Waals surface area (Å²) in [5.74, 6) is -0.726. The number of benzene rings is 2. The van der Waals surface area contributed by atoms with Crippen LogP contribution in [-0.2, 0) is 15.1 Å². The van der Waals surface area contributed by atoms with Gasteiger partial charge in [-0.05, 0) is 25.1 Å². The third-order valence-electron chi connectivity index (χ3n) is 5.14. The fraction of sp³-hybridized carbons (Fsp3) is 0.238. The maximum absolute atomic E-state index is 13.2. The highest BCUT2D eigenvalue weighted by atomic mass is 16.5. The van der Waals surface area contributed by atoms with Crippen LogP contribution in [-0.4, -0.2) is 41.7 Å². The maximum atomic E-state index is 13.2. The molecule has 4 rings (SSSR count). The minimum atomic E-state index is -1.23. The first-order valence-electron chi connectivity index (χ1n) is 9.18. The first-order valence-corrected chi connectivity index (χ1v) is 9.18. The number of carbonyl (C=O) groups excluding carboxylic acids is 4. The number of ether oxygens (including phenoxy) is 1. The first-order chi connectivity index (χ1) is 13.9. The fourth-order valence-electron chi connectivity index (χ4n) is 3.75. The van der Waals surface area contributed by atoms with E-state index in [0.717, 1.165) is 4.90 Å². The zero-order valence-electron chi connectivity index (χ0n) is 15.7. The molecule has 2 aliphatic heterocycles. The summed E-state index contributed by atoms with van der Waals surface area (Å²) < 4.78 is 5.59. The Balaban J connectivity index is 1.56. The van der Waals surface area contributed by atoms with E-state index in [4.69, 9.17) is 4.74 Å². The number of nitrogens with zero attached hydrogens (tertiary/aromatic N) is 1. The van der Waals surface area contributed by atoms with Gasteiger partial charge in [0.2, 0.25) is 5.91 Å². The number of carbonyl (C=O) groups is 4. The zero-order chi connectivity index (χ0) is 20.6. The lowest BCUT2D eigenvalue weighted by atomic mass is 9.84. The molecule has 2 heterocycles. The number of amides is 4. The molecule has 29 heavy (non-hydrogen) atoms. The van der Waals surface area contributed by atoms with Crippen LogP contribution in [0.5, 0.6) is 5.75 Å². The molecule has 8 heteroatoms. The van der Waals surface area contributed by atoms with Crippen molar-refractivity contribution in [1.82, 2.24) is 10.2 Å². The highest BCUT2D eigenvalue weighted by Crippen LogP contribution is 2.40. The number of fused-ring (bicyclic) bond motifs is 2. The Hall–Kier alpha value is -3.68.